The van der Waals surface area contributed by atoms with Crippen molar-refractivity contribution in [3.05, 3.63) is 35.4 Å². The number of esters is 1. The van der Waals surface area contributed by atoms with Crippen LogP contribution in [0, 0.1) is 17.8 Å². The lowest BCUT2D eigenvalue weighted by Gasteiger charge is -2.56. The van der Waals surface area contributed by atoms with Crippen molar-refractivity contribution < 1.29 is 23.9 Å². The first-order valence-corrected chi connectivity index (χ1v) is 10.8. The third-order valence-corrected chi connectivity index (χ3v) is 7.34. The number of carbonyl (C=O) groups excluding carboxylic acids is 4. The van der Waals surface area contributed by atoms with Crippen LogP contribution in [0.25, 0.3) is 0 Å². The minimum absolute atomic E-state index is 0.146. The van der Waals surface area contributed by atoms with Gasteiger partial charge in [0.2, 0.25) is 0 Å². The van der Waals surface area contributed by atoms with E-state index in [4.69, 9.17) is 4.74 Å². The van der Waals surface area contributed by atoms with E-state index in [2.05, 4.69) is 5.32 Å². The molecule has 6 rings (SSSR count). The Morgan fingerprint density at radius 3 is 2.03 bits per heavy atom. The van der Waals surface area contributed by atoms with Gasteiger partial charge in [0, 0.05) is 5.54 Å². The molecule has 1 atom stereocenters. The fourth-order valence-electron chi connectivity index (χ4n) is 6.52. The van der Waals surface area contributed by atoms with Crippen LogP contribution in [0.15, 0.2) is 24.3 Å². The molecule has 1 N–H and O–H groups in total. The predicted molar refractivity (Wildman–Crippen MR) is 106 cm³/mol. The average molecular weight is 410 g/mol. The summed E-state index contributed by atoms with van der Waals surface area (Å²) in [6, 6.07) is 5.38. The molecule has 4 fully saturated rings. The minimum Gasteiger partial charge on any atom is -0.454 e. The van der Waals surface area contributed by atoms with E-state index in [1.54, 1.807) is 24.3 Å². The standard InChI is InChI=1S/C23H26N2O5/c1-13(25-20(27)17-4-2-3-5-18(17)21(25)28)22(29)30-12-19(26)24-23-9-14-6-15(10-23)8-16(7-14)11-23/h2-5,13-16H,6-12H2,1H3,(H,24,26)/t13-,14?,15?,16?,23?/m0/s1. The summed E-state index contributed by atoms with van der Waals surface area (Å²) in [5, 5.41) is 3.16. The Labute approximate surface area is 175 Å². The van der Waals surface area contributed by atoms with Gasteiger partial charge < -0.3 is 10.1 Å². The molecule has 0 spiro atoms. The van der Waals surface area contributed by atoms with Crippen molar-refractivity contribution in [3.8, 4) is 0 Å². The third kappa shape index (κ3) is 3.11. The van der Waals surface area contributed by atoms with Crippen LogP contribution in [0.3, 0.4) is 0 Å². The highest BCUT2D eigenvalue weighted by atomic mass is 16.5. The van der Waals surface area contributed by atoms with Gasteiger partial charge in [-0.05, 0) is 75.3 Å². The van der Waals surface area contributed by atoms with Gasteiger partial charge in [-0.15, -0.1) is 0 Å². The fourth-order valence-corrected chi connectivity index (χ4v) is 6.52. The fraction of sp³-hybridized carbons (Fsp3) is 0.565. The monoisotopic (exact) mass is 410 g/mol. The van der Waals surface area contributed by atoms with Crippen LogP contribution in [0.2, 0.25) is 0 Å². The summed E-state index contributed by atoms with van der Waals surface area (Å²) in [6.07, 6.45) is 6.89. The first-order valence-electron chi connectivity index (χ1n) is 10.8. The largest absolute Gasteiger partial charge is 0.454 e. The normalized spacial score (nSPS) is 32.2. The summed E-state index contributed by atoms with van der Waals surface area (Å²) in [5.74, 6) is 0.00926. The Balaban J connectivity index is 1.18. The number of benzene rings is 1. The number of amides is 3. The zero-order chi connectivity index (χ0) is 21.0. The lowest BCUT2D eigenvalue weighted by molar-refractivity contribution is -0.153. The van der Waals surface area contributed by atoms with Crippen molar-refractivity contribution in [2.75, 3.05) is 6.61 Å². The molecule has 4 bridgehead atoms. The highest BCUT2D eigenvalue weighted by molar-refractivity contribution is 6.22. The molecule has 0 saturated heterocycles. The Hall–Kier alpha value is -2.70. The van der Waals surface area contributed by atoms with Crippen LogP contribution in [0.5, 0.6) is 0 Å². The molecule has 3 amide bonds. The van der Waals surface area contributed by atoms with E-state index in [1.807, 2.05) is 0 Å². The molecule has 0 unspecified atom stereocenters. The molecule has 158 valence electrons. The van der Waals surface area contributed by atoms with Gasteiger partial charge in [0.1, 0.15) is 6.04 Å². The molecule has 30 heavy (non-hydrogen) atoms. The minimum atomic E-state index is -1.09. The van der Waals surface area contributed by atoms with Gasteiger partial charge >= 0.3 is 5.97 Å². The number of imide groups is 1. The van der Waals surface area contributed by atoms with Gasteiger partial charge in [-0.1, -0.05) is 12.1 Å². The number of fused-ring (bicyclic) bond motifs is 1. The maximum Gasteiger partial charge on any atom is 0.329 e. The molecule has 0 aromatic heterocycles. The van der Waals surface area contributed by atoms with E-state index in [0.29, 0.717) is 17.8 Å². The van der Waals surface area contributed by atoms with Gasteiger partial charge in [0.25, 0.3) is 17.7 Å². The number of hydrogen-bond donors (Lipinski definition) is 1. The average Bonchev–Trinajstić information content (AvgIpc) is 2.95. The quantitative estimate of drug-likeness (QED) is 0.594. The summed E-state index contributed by atoms with van der Waals surface area (Å²) < 4.78 is 5.19. The van der Waals surface area contributed by atoms with Crippen LogP contribution in [-0.4, -0.2) is 46.8 Å². The maximum absolute atomic E-state index is 12.5. The molecular formula is C23H26N2O5. The molecule has 4 saturated carbocycles. The van der Waals surface area contributed by atoms with Gasteiger partial charge in [-0.2, -0.15) is 0 Å². The first-order chi connectivity index (χ1) is 14.3. The van der Waals surface area contributed by atoms with E-state index in [0.717, 1.165) is 24.2 Å². The van der Waals surface area contributed by atoms with E-state index in [1.165, 1.54) is 26.2 Å². The highest BCUT2D eigenvalue weighted by Gasteiger charge is 2.51. The molecule has 1 aromatic rings. The SMILES string of the molecule is C[C@@H](C(=O)OCC(=O)NC12CC3CC(CC(C3)C1)C2)N1C(=O)c2ccccc2C1=O. The maximum atomic E-state index is 12.5. The Morgan fingerprint density at radius 1 is 1.03 bits per heavy atom. The van der Waals surface area contributed by atoms with Crippen molar-refractivity contribution >= 4 is 23.7 Å². The first kappa shape index (κ1) is 19.3. The smallest absolute Gasteiger partial charge is 0.329 e. The molecule has 5 aliphatic rings. The van der Waals surface area contributed by atoms with Crippen molar-refractivity contribution in [2.24, 2.45) is 17.8 Å². The molecule has 0 radical (unpaired) electrons. The van der Waals surface area contributed by atoms with Crippen molar-refractivity contribution in [1.82, 2.24) is 10.2 Å². The van der Waals surface area contributed by atoms with Crippen LogP contribution in [0.4, 0.5) is 0 Å². The van der Waals surface area contributed by atoms with Gasteiger partial charge in [-0.3, -0.25) is 19.3 Å². The summed E-state index contributed by atoms with van der Waals surface area (Å²) in [5.41, 5.74) is 0.412. The summed E-state index contributed by atoms with van der Waals surface area (Å²) in [7, 11) is 0. The highest BCUT2D eigenvalue weighted by Crippen LogP contribution is 2.55. The molecule has 7 nitrogen and oxygen atoms in total. The summed E-state index contributed by atoms with van der Waals surface area (Å²) in [4.78, 5) is 51.0. The van der Waals surface area contributed by atoms with Gasteiger partial charge in [0.15, 0.2) is 6.61 Å². The molecular weight excluding hydrogens is 384 g/mol. The van der Waals surface area contributed by atoms with E-state index >= 15 is 0 Å². The zero-order valence-corrected chi connectivity index (χ0v) is 17.1. The lowest BCUT2D eigenvalue weighted by atomic mass is 9.53. The number of carbonyl (C=O) groups is 4. The molecule has 4 aliphatic carbocycles. The van der Waals surface area contributed by atoms with E-state index in [-0.39, 0.29) is 22.6 Å². The number of rotatable bonds is 5. The third-order valence-electron chi connectivity index (χ3n) is 7.34. The van der Waals surface area contributed by atoms with Crippen LogP contribution >= 0.6 is 0 Å². The van der Waals surface area contributed by atoms with Gasteiger partial charge in [-0.25, -0.2) is 4.79 Å². The predicted octanol–water partition coefficient (Wildman–Crippen LogP) is 2.30. The number of nitrogens with one attached hydrogen (secondary N) is 1. The molecule has 1 aliphatic heterocycles. The summed E-state index contributed by atoms with van der Waals surface area (Å²) in [6.45, 7) is 1.05. The number of ether oxygens (including phenoxy) is 1. The second kappa shape index (κ2) is 6.93. The zero-order valence-electron chi connectivity index (χ0n) is 17.1. The second-order valence-corrected chi connectivity index (χ2v) is 9.56. The van der Waals surface area contributed by atoms with Crippen molar-refractivity contribution in [3.63, 3.8) is 0 Å². The lowest BCUT2D eigenvalue weighted by Crippen LogP contribution is -2.60. The van der Waals surface area contributed by atoms with Crippen LogP contribution in [0.1, 0.15) is 66.2 Å². The van der Waals surface area contributed by atoms with Crippen molar-refractivity contribution in [1.29, 1.82) is 0 Å². The topological polar surface area (TPSA) is 92.8 Å². The van der Waals surface area contributed by atoms with E-state index < -0.39 is 30.4 Å². The Morgan fingerprint density at radius 2 is 1.53 bits per heavy atom. The number of nitrogens with zero attached hydrogens (tertiary/aromatic N) is 1. The van der Waals surface area contributed by atoms with Gasteiger partial charge in [0.05, 0.1) is 11.1 Å². The molecule has 1 aromatic carbocycles. The van der Waals surface area contributed by atoms with Crippen LogP contribution in [-0.2, 0) is 14.3 Å². The number of hydrogen-bond acceptors (Lipinski definition) is 5. The van der Waals surface area contributed by atoms with E-state index in [9.17, 15) is 19.2 Å². The van der Waals surface area contributed by atoms with Crippen molar-refractivity contribution in [2.45, 2.75) is 57.0 Å². The molecule has 1 heterocycles. The second-order valence-electron chi connectivity index (χ2n) is 9.56. The van der Waals surface area contributed by atoms with Crippen LogP contribution < -0.4 is 5.32 Å². The Bertz CT molecular complexity index is 869. The summed E-state index contributed by atoms with van der Waals surface area (Å²) >= 11 is 0. The molecule has 7 heteroatoms. The Kier molecular flexibility index (Phi) is 4.45.